The average molecular weight is 513 g/mol. The first kappa shape index (κ1) is 27.0. The second-order valence-electron chi connectivity index (χ2n) is 9.60. The van der Waals surface area contributed by atoms with Crippen molar-refractivity contribution in [3.8, 4) is 17.0 Å². The Labute approximate surface area is 224 Å². The van der Waals surface area contributed by atoms with Crippen LogP contribution in [0.5, 0.6) is 5.88 Å². The van der Waals surface area contributed by atoms with Gasteiger partial charge in [-0.2, -0.15) is 0 Å². The SMILES string of the molecule is C=C/C(NC(=O)C1CCN(C)CC1)=C(C)\C=C/CNc1ncc2cccc(-c3ccc(C)nc3OC)c2n1. The number of aromatic nitrogens is 3. The van der Waals surface area contributed by atoms with Crippen LogP contribution < -0.4 is 15.4 Å². The number of hydrogen-bond donors (Lipinski definition) is 2. The molecule has 4 rings (SSSR count). The molecule has 1 fully saturated rings. The molecule has 0 spiro atoms. The van der Waals surface area contributed by atoms with Gasteiger partial charge in [0.05, 0.1) is 12.6 Å². The molecule has 8 heteroatoms. The third-order valence-electron chi connectivity index (χ3n) is 6.82. The van der Waals surface area contributed by atoms with E-state index in [9.17, 15) is 4.79 Å². The maximum absolute atomic E-state index is 12.7. The number of rotatable bonds is 9. The molecule has 0 radical (unpaired) electrons. The van der Waals surface area contributed by atoms with Gasteiger partial charge in [-0.3, -0.25) is 4.79 Å². The number of carbonyl (C=O) groups is 1. The lowest BCUT2D eigenvalue weighted by atomic mass is 9.96. The fourth-order valence-electron chi connectivity index (χ4n) is 4.54. The molecule has 3 aromatic rings. The quantitative estimate of drug-likeness (QED) is 0.394. The number of benzene rings is 1. The number of anilines is 1. The topological polar surface area (TPSA) is 92.3 Å². The van der Waals surface area contributed by atoms with Crippen LogP contribution in [0.25, 0.3) is 22.0 Å². The highest BCUT2D eigenvalue weighted by Gasteiger charge is 2.23. The average Bonchev–Trinajstić information content (AvgIpc) is 2.93. The van der Waals surface area contributed by atoms with Crippen LogP contribution >= 0.6 is 0 Å². The van der Waals surface area contributed by atoms with E-state index in [1.807, 2.05) is 62.5 Å². The van der Waals surface area contributed by atoms with Crippen molar-refractivity contribution < 1.29 is 9.53 Å². The lowest BCUT2D eigenvalue weighted by Crippen LogP contribution is -2.38. The Hall–Kier alpha value is -4.04. The fourth-order valence-corrected chi connectivity index (χ4v) is 4.54. The maximum Gasteiger partial charge on any atom is 0.227 e. The van der Waals surface area contributed by atoms with Crippen molar-refractivity contribution in [1.82, 2.24) is 25.2 Å². The molecule has 198 valence electrons. The number of nitrogens with zero attached hydrogens (tertiary/aromatic N) is 4. The van der Waals surface area contributed by atoms with Crippen molar-refractivity contribution in [3.63, 3.8) is 0 Å². The van der Waals surface area contributed by atoms with Gasteiger partial charge in [-0.1, -0.05) is 36.9 Å². The Morgan fingerprint density at radius 1 is 1.18 bits per heavy atom. The third kappa shape index (κ3) is 6.44. The largest absolute Gasteiger partial charge is 0.481 e. The van der Waals surface area contributed by atoms with Gasteiger partial charge in [-0.25, -0.2) is 15.0 Å². The molecule has 3 heterocycles. The number of carbonyl (C=O) groups excluding carboxylic acids is 1. The molecule has 1 amide bonds. The molecule has 0 atom stereocenters. The molecular formula is C30H36N6O2. The van der Waals surface area contributed by atoms with Gasteiger partial charge in [0.15, 0.2) is 0 Å². The molecule has 1 saturated heterocycles. The molecule has 1 aromatic carbocycles. The van der Waals surface area contributed by atoms with Crippen LogP contribution in [-0.4, -0.2) is 59.6 Å². The first-order chi connectivity index (χ1) is 18.4. The van der Waals surface area contributed by atoms with Crippen LogP contribution in [0.2, 0.25) is 0 Å². The van der Waals surface area contributed by atoms with Crippen molar-refractivity contribution in [1.29, 1.82) is 0 Å². The van der Waals surface area contributed by atoms with Crippen LogP contribution in [0.4, 0.5) is 5.95 Å². The van der Waals surface area contributed by atoms with Gasteiger partial charge >= 0.3 is 0 Å². The van der Waals surface area contributed by atoms with E-state index >= 15 is 0 Å². The van der Waals surface area contributed by atoms with Gasteiger partial charge < -0.3 is 20.3 Å². The Morgan fingerprint density at radius 3 is 2.71 bits per heavy atom. The van der Waals surface area contributed by atoms with Gasteiger partial charge in [-0.15, -0.1) is 0 Å². The molecule has 2 N–H and O–H groups in total. The number of likely N-dealkylation sites (tertiary alicyclic amines) is 1. The lowest BCUT2D eigenvalue weighted by molar-refractivity contribution is -0.125. The number of nitrogens with one attached hydrogen (secondary N) is 2. The highest BCUT2D eigenvalue weighted by molar-refractivity contribution is 5.95. The van der Waals surface area contributed by atoms with Crippen molar-refractivity contribution in [3.05, 3.63) is 78.3 Å². The van der Waals surface area contributed by atoms with Gasteiger partial charge in [0.25, 0.3) is 0 Å². The van der Waals surface area contributed by atoms with E-state index in [0.717, 1.165) is 64.9 Å². The van der Waals surface area contributed by atoms with E-state index in [4.69, 9.17) is 9.72 Å². The number of methoxy groups -OCH3 is 1. The molecular weight excluding hydrogens is 476 g/mol. The normalized spacial score (nSPS) is 15.4. The second kappa shape index (κ2) is 12.5. The molecule has 38 heavy (non-hydrogen) atoms. The molecule has 0 unspecified atom stereocenters. The first-order valence-corrected chi connectivity index (χ1v) is 12.9. The van der Waals surface area contributed by atoms with Crippen molar-refractivity contribution in [2.45, 2.75) is 26.7 Å². The van der Waals surface area contributed by atoms with Crippen LogP contribution in [-0.2, 0) is 4.79 Å². The van der Waals surface area contributed by atoms with E-state index in [1.54, 1.807) is 13.2 Å². The lowest BCUT2D eigenvalue weighted by Gasteiger charge is -2.28. The maximum atomic E-state index is 12.7. The highest BCUT2D eigenvalue weighted by Crippen LogP contribution is 2.33. The standard InChI is InChI=1S/C30H36N6O2/c1-6-26(34-28(37)22-14-17-36(4)18-15-22)20(2)9-8-16-31-30-32-19-23-10-7-11-24(27(23)35-30)25-13-12-21(3)33-29(25)38-5/h6-13,19,22H,1,14-18H2,2-5H3,(H,34,37)(H,31,32,35)/b9-8-,26-20+. The van der Waals surface area contributed by atoms with Gasteiger partial charge in [0, 0.05) is 46.6 Å². The predicted octanol–water partition coefficient (Wildman–Crippen LogP) is 4.89. The number of amides is 1. The van der Waals surface area contributed by atoms with Crippen molar-refractivity contribution in [2.75, 3.05) is 39.1 Å². The van der Waals surface area contributed by atoms with E-state index in [-0.39, 0.29) is 11.8 Å². The minimum absolute atomic E-state index is 0.0465. The Bertz CT molecular complexity index is 1370. The summed E-state index contributed by atoms with van der Waals surface area (Å²) in [5.41, 5.74) is 5.19. The summed E-state index contributed by atoms with van der Waals surface area (Å²) in [6, 6.07) is 9.95. The summed E-state index contributed by atoms with van der Waals surface area (Å²) in [6.45, 7) is 10.2. The number of ether oxygens (including phenoxy) is 1. The molecule has 1 aliphatic rings. The number of aryl methyl sites for hydroxylation is 1. The van der Waals surface area contributed by atoms with Crippen LogP contribution in [0.3, 0.4) is 0 Å². The number of allylic oxidation sites excluding steroid dienone is 3. The van der Waals surface area contributed by atoms with Crippen LogP contribution in [0.15, 0.2) is 72.6 Å². The minimum atomic E-state index is 0.0465. The number of hydrogen-bond acceptors (Lipinski definition) is 7. The van der Waals surface area contributed by atoms with Gasteiger partial charge in [0.2, 0.25) is 17.7 Å². The fraction of sp³-hybridized carbons (Fsp3) is 0.333. The van der Waals surface area contributed by atoms with E-state index in [1.165, 1.54) is 0 Å². The Kier molecular flexibility index (Phi) is 8.86. The number of piperidine rings is 1. The monoisotopic (exact) mass is 512 g/mol. The van der Waals surface area contributed by atoms with Crippen molar-refractivity contribution >= 4 is 22.8 Å². The Balaban J connectivity index is 1.45. The number of fused-ring (bicyclic) bond motifs is 1. The molecule has 0 bridgehead atoms. The molecule has 1 aliphatic heterocycles. The number of para-hydroxylation sites is 1. The zero-order chi connectivity index (χ0) is 27.1. The smallest absolute Gasteiger partial charge is 0.227 e. The summed E-state index contributed by atoms with van der Waals surface area (Å²) in [7, 11) is 3.71. The molecule has 2 aromatic heterocycles. The molecule has 0 aliphatic carbocycles. The second-order valence-corrected chi connectivity index (χ2v) is 9.60. The Morgan fingerprint density at radius 2 is 1.97 bits per heavy atom. The summed E-state index contributed by atoms with van der Waals surface area (Å²) >= 11 is 0. The zero-order valence-corrected chi connectivity index (χ0v) is 22.6. The number of pyridine rings is 1. The highest BCUT2D eigenvalue weighted by atomic mass is 16.5. The minimum Gasteiger partial charge on any atom is -0.481 e. The molecule has 8 nitrogen and oxygen atoms in total. The van der Waals surface area contributed by atoms with E-state index < -0.39 is 0 Å². The summed E-state index contributed by atoms with van der Waals surface area (Å²) in [4.78, 5) is 28.7. The molecule has 0 saturated carbocycles. The first-order valence-electron chi connectivity index (χ1n) is 12.9. The van der Waals surface area contributed by atoms with Gasteiger partial charge in [-0.05, 0) is 70.6 Å². The third-order valence-corrected chi connectivity index (χ3v) is 6.82. The van der Waals surface area contributed by atoms with Crippen molar-refractivity contribution in [2.24, 2.45) is 5.92 Å². The summed E-state index contributed by atoms with van der Waals surface area (Å²) < 4.78 is 5.53. The van der Waals surface area contributed by atoms with E-state index in [0.29, 0.717) is 18.4 Å². The van der Waals surface area contributed by atoms with Crippen LogP contribution in [0, 0.1) is 12.8 Å². The summed E-state index contributed by atoms with van der Waals surface area (Å²) in [5, 5.41) is 7.25. The summed E-state index contributed by atoms with van der Waals surface area (Å²) in [5.74, 6) is 1.20. The zero-order valence-electron chi connectivity index (χ0n) is 22.6. The van der Waals surface area contributed by atoms with Crippen LogP contribution in [0.1, 0.15) is 25.5 Å². The van der Waals surface area contributed by atoms with Gasteiger partial charge in [0.1, 0.15) is 0 Å². The van der Waals surface area contributed by atoms with E-state index in [2.05, 4.69) is 39.1 Å². The summed E-state index contributed by atoms with van der Waals surface area (Å²) in [6.07, 6.45) is 9.22. The predicted molar refractivity (Wildman–Crippen MR) is 153 cm³/mol.